The maximum absolute atomic E-state index is 12.8. The van der Waals surface area contributed by atoms with Gasteiger partial charge in [-0.15, -0.1) is 0 Å². The van der Waals surface area contributed by atoms with Gasteiger partial charge in [0, 0.05) is 23.7 Å². The van der Waals surface area contributed by atoms with Crippen LogP contribution in [0.4, 0.5) is 0 Å². The summed E-state index contributed by atoms with van der Waals surface area (Å²) in [4.78, 5) is 14.6. The number of amides is 1. The van der Waals surface area contributed by atoms with Gasteiger partial charge in [-0.25, -0.2) is 0 Å². The first-order chi connectivity index (χ1) is 11.1. The normalized spacial score (nSPS) is 17.3. The highest BCUT2D eigenvalue weighted by Crippen LogP contribution is 2.27. The Bertz CT molecular complexity index is 691. The lowest BCUT2D eigenvalue weighted by Crippen LogP contribution is -2.40. The van der Waals surface area contributed by atoms with Gasteiger partial charge in [0.1, 0.15) is 0 Å². The second kappa shape index (κ2) is 6.72. The summed E-state index contributed by atoms with van der Waals surface area (Å²) < 4.78 is 0. The van der Waals surface area contributed by atoms with Crippen LogP contribution in [0.15, 0.2) is 30.5 Å². The van der Waals surface area contributed by atoms with Crippen LogP contribution in [0.25, 0.3) is 11.3 Å². The van der Waals surface area contributed by atoms with E-state index in [1.54, 1.807) is 12.3 Å². The molecule has 1 atom stereocenters. The Morgan fingerprint density at radius 1 is 1.43 bits per heavy atom. The van der Waals surface area contributed by atoms with Gasteiger partial charge in [-0.05, 0) is 37.8 Å². The van der Waals surface area contributed by atoms with E-state index in [4.69, 9.17) is 11.6 Å². The number of piperidine rings is 1. The first-order valence-corrected chi connectivity index (χ1v) is 8.20. The number of aromatic nitrogens is 2. The molecular formula is C17H20ClN3O2. The Morgan fingerprint density at radius 3 is 2.83 bits per heavy atom. The maximum Gasteiger partial charge on any atom is 0.257 e. The van der Waals surface area contributed by atoms with Gasteiger partial charge in [0.2, 0.25) is 0 Å². The largest absolute Gasteiger partial charge is 0.393 e. The summed E-state index contributed by atoms with van der Waals surface area (Å²) in [7, 11) is 0. The fraction of sp³-hybridized carbons (Fsp3) is 0.412. The van der Waals surface area contributed by atoms with E-state index in [0.29, 0.717) is 29.4 Å². The number of nitrogens with one attached hydrogen (secondary N) is 1. The molecule has 1 fully saturated rings. The lowest BCUT2D eigenvalue weighted by Gasteiger charge is -2.33. The molecule has 2 N–H and O–H groups in total. The third-order valence-electron chi connectivity index (χ3n) is 4.49. The number of rotatable bonds is 3. The quantitative estimate of drug-likeness (QED) is 0.907. The molecule has 6 heteroatoms. The summed E-state index contributed by atoms with van der Waals surface area (Å²) >= 11 is 6.03. The highest BCUT2D eigenvalue weighted by Gasteiger charge is 2.28. The molecule has 1 unspecified atom stereocenters. The van der Waals surface area contributed by atoms with Crippen molar-refractivity contribution in [3.63, 3.8) is 0 Å². The Morgan fingerprint density at radius 2 is 2.17 bits per heavy atom. The number of H-pyrrole nitrogens is 1. The minimum absolute atomic E-state index is 0.0298. The predicted octanol–water partition coefficient (Wildman–Crippen LogP) is 2.96. The molecule has 23 heavy (non-hydrogen) atoms. The number of likely N-dealkylation sites (tertiary alicyclic amines) is 1. The third-order valence-corrected chi connectivity index (χ3v) is 4.73. The number of carbonyl (C=O) groups is 1. The first kappa shape index (κ1) is 16.0. The van der Waals surface area contributed by atoms with Gasteiger partial charge in [-0.1, -0.05) is 23.7 Å². The Hall–Kier alpha value is -1.85. The highest BCUT2D eigenvalue weighted by atomic mass is 35.5. The molecule has 1 aromatic carbocycles. The summed E-state index contributed by atoms with van der Waals surface area (Å²) in [5.74, 6) is 0.244. The highest BCUT2D eigenvalue weighted by molar-refractivity contribution is 6.30. The molecule has 3 rings (SSSR count). The van der Waals surface area contributed by atoms with Crippen molar-refractivity contribution in [2.75, 3.05) is 13.1 Å². The van der Waals surface area contributed by atoms with Crippen LogP contribution in [-0.2, 0) is 0 Å². The van der Waals surface area contributed by atoms with Crippen LogP contribution in [-0.4, -0.2) is 45.3 Å². The van der Waals surface area contributed by atoms with Gasteiger partial charge in [-0.2, -0.15) is 5.10 Å². The molecule has 0 bridgehead atoms. The number of hydrogen-bond donors (Lipinski definition) is 2. The van der Waals surface area contributed by atoms with E-state index in [1.165, 1.54) is 0 Å². The van der Waals surface area contributed by atoms with E-state index in [2.05, 4.69) is 10.2 Å². The maximum atomic E-state index is 12.8. The van der Waals surface area contributed by atoms with Gasteiger partial charge in [0.15, 0.2) is 0 Å². The van der Waals surface area contributed by atoms with Crippen LogP contribution >= 0.6 is 11.6 Å². The van der Waals surface area contributed by atoms with Crippen molar-refractivity contribution >= 4 is 17.5 Å². The molecule has 0 spiro atoms. The molecule has 0 radical (unpaired) electrons. The minimum Gasteiger partial charge on any atom is -0.393 e. The molecule has 122 valence electrons. The Labute approximate surface area is 140 Å². The molecule has 1 amide bonds. The number of aliphatic hydroxyl groups excluding tert-OH is 1. The average Bonchev–Trinajstić information content (AvgIpc) is 3.04. The molecule has 1 aromatic heterocycles. The van der Waals surface area contributed by atoms with Crippen molar-refractivity contribution in [3.8, 4) is 11.3 Å². The Kier molecular flexibility index (Phi) is 4.68. The molecule has 1 aliphatic heterocycles. The lowest BCUT2D eigenvalue weighted by atomic mass is 9.92. The first-order valence-electron chi connectivity index (χ1n) is 7.83. The van der Waals surface area contributed by atoms with Crippen LogP contribution in [0.3, 0.4) is 0 Å². The fourth-order valence-electron chi connectivity index (χ4n) is 3.07. The van der Waals surface area contributed by atoms with E-state index in [-0.39, 0.29) is 17.9 Å². The molecular weight excluding hydrogens is 314 g/mol. The number of aliphatic hydroxyl groups is 1. The molecule has 0 aliphatic carbocycles. The van der Waals surface area contributed by atoms with Crippen molar-refractivity contribution < 1.29 is 9.90 Å². The van der Waals surface area contributed by atoms with Crippen LogP contribution < -0.4 is 0 Å². The number of benzene rings is 1. The van der Waals surface area contributed by atoms with Crippen molar-refractivity contribution in [2.24, 2.45) is 5.92 Å². The molecule has 1 saturated heterocycles. The lowest BCUT2D eigenvalue weighted by molar-refractivity contribution is 0.0522. The summed E-state index contributed by atoms with van der Waals surface area (Å²) in [5.41, 5.74) is 2.09. The predicted molar refractivity (Wildman–Crippen MR) is 89.3 cm³/mol. The summed E-state index contributed by atoms with van der Waals surface area (Å²) in [6.07, 6.45) is 2.91. The van der Waals surface area contributed by atoms with Gasteiger partial charge in [0.25, 0.3) is 5.91 Å². The second-order valence-corrected chi connectivity index (χ2v) is 6.48. The monoisotopic (exact) mass is 333 g/mol. The van der Waals surface area contributed by atoms with Crippen LogP contribution in [0.5, 0.6) is 0 Å². The van der Waals surface area contributed by atoms with E-state index < -0.39 is 0 Å². The zero-order valence-corrected chi connectivity index (χ0v) is 13.8. The van der Waals surface area contributed by atoms with Crippen LogP contribution in [0.2, 0.25) is 5.02 Å². The number of carbonyl (C=O) groups excluding carboxylic acids is 1. The van der Waals surface area contributed by atoms with E-state index in [1.807, 2.05) is 30.0 Å². The summed E-state index contributed by atoms with van der Waals surface area (Å²) in [5, 5.41) is 17.2. The van der Waals surface area contributed by atoms with E-state index in [9.17, 15) is 9.90 Å². The minimum atomic E-state index is -0.316. The number of halogens is 1. The zero-order chi connectivity index (χ0) is 16.4. The fourth-order valence-corrected chi connectivity index (χ4v) is 3.26. The van der Waals surface area contributed by atoms with Gasteiger partial charge in [0.05, 0.1) is 23.6 Å². The number of hydrogen-bond acceptors (Lipinski definition) is 3. The van der Waals surface area contributed by atoms with Gasteiger partial charge in [-0.3, -0.25) is 9.89 Å². The molecule has 1 aliphatic rings. The third kappa shape index (κ3) is 3.41. The SMILES string of the molecule is CC(O)C1CCN(C(=O)c2cn[nH]c2-c2cccc(Cl)c2)CC1. The molecule has 2 heterocycles. The van der Waals surface area contributed by atoms with E-state index in [0.717, 1.165) is 18.4 Å². The van der Waals surface area contributed by atoms with E-state index >= 15 is 0 Å². The summed E-state index contributed by atoms with van der Waals surface area (Å²) in [6, 6.07) is 7.35. The number of nitrogens with zero attached hydrogens (tertiary/aromatic N) is 2. The van der Waals surface area contributed by atoms with Crippen molar-refractivity contribution in [1.29, 1.82) is 0 Å². The molecule has 5 nitrogen and oxygen atoms in total. The van der Waals surface area contributed by atoms with Crippen molar-refractivity contribution in [1.82, 2.24) is 15.1 Å². The molecule has 0 saturated carbocycles. The zero-order valence-electron chi connectivity index (χ0n) is 13.0. The standard InChI is InChI=1S/C17H20ClN3O2/c1-11(22)12-5-7-21(8-6-12)17(23)15-10-19-20-16(15)13-3-2-4-14(18)9-13/h2-4,9-12,22H,5-8H2,1H3,(H,19,20). The van der Waals surface area contributed by atoms with Gasteiger partial charge < -0.3 is 10.0 Å². The topological polar surface area (TPSA) is 69.2 Å². The van der Waals surface area contributed by atoms with Crippen molar-refractivity contribution in [2.45, 2.75) is 25.9 Å². The molecule has 2 aromatic rings. The van der Waals surface area contributed by atoms with Crippen molar-refractivity contribution in [3.05, 3.63) is 41.0 Å². The van der Waals surface area contributed by atoms with Gasteiger partial charge >= 0.3 is 0 Å². The average molecular weight is 334 g/mol. The number of aromatic amines is 1. The summed E-state index contributed by atoms with van der Waals surface area (Å²) in [6.45, 7) is 3.14. The smallest absolute Gasteiger partial charge is 0.257 e. The second-order valence-electron chi connectivity index (χ2n) is 6.04. The van der Waals surface area contributed by atoms with Crippen LogP contribution in [0, 0.1) is 5.92 Å². The Balaban J connectivity index is 1.78. The van der Waals surface area contributed by atoms with Crippen LogP contribution in [0.1, 0.15) is 30.1 Å².